The van der Waals surface area contributed by atoms with E-state index in [9.17, 15) is 14.7 Å². The molecule has 6 heteroatoms. The summed E-state index contributed by atoms with van der Waals surface area (Å²) in [4.78, 5) is 31.7. The number of carbonyl (C=O) groups excluding carboxylic acids is 1. The SMILES string of the molecule is O=C1CC(C(=O)O)Cc2[nH]c(-c3ccccn3)c(Nc3ccccc3)c21. The Hall–Kier alpha value is -3.41. The molecule has 130 valence electrons. The monoisotopic (exact) mass is 347 g/mol. The van der Waals surface area contributed by atoms with E-state index in [0.29, 0.717) is 34.8 Å². The zero-order valence-electron chi connectivity index (χ0n) is 13.9. The number of carboxylic acids is 1. The predicted molar refractivity (Wildman–Crippen MR) is 97.5 cm³/mol. The number of aliphatic carboxylic acids is 1. The van der Waals surface area contributed by atoms with Crippen molar-refractivity contribution < 1.29 is 14.7 Å². The molecule has 0 bridgehead atoms. The number of nitrogens with zero attached hydrogens (tertiary/aromatic N) is 1. The number of H-pyrrole nitrogens is 1. The van der Waals surface area contributed by atoms with E-state index in [0.717, 1.165) is 5.69 Å². The first-order valence-corrected chi connectivity index (χ1v) is 8.38. The maximum atomic E-state index is 12.7. The van der Waals surface area contributed by atoms with E-state index in [-0.39, 0.29) is 12.2 Å². The molecule has 0 aliphatic heterocycles. The largest absolute Gasteiger partial charge is 0.481 e. The molecular weight excluding hydrogens is 330 g/mol. The summed E-state index contributed by atoms with van der Waals surface area (Å²) < 4.78 is 0. The highest BCUT2D eigenvalue weighted by molar-refractivity contribution is 6.08. The standard InChI is InChI=1S/C20H17N3O3/c24-16-11-12(20(25)26)10-15-17(16)19(22-13-6-2-1-3-7-13)18(23-15)14-8-4-5-9-21-14/h1-9,12,22-23H,10-11H2,(H,25,26). The van der Waals surface area contributed by atoms with Gasteiger partial charge in [0.2, 0.25) is 0 Å². The quantitative estimate of drug-likeness (QED) is 0.669. The summed E-state index contributed by atoms with van der Waals surface area (Å²) in [5.41, 5.74) is 4.07. The van der Waals surface area contributed by atoms with Crippen molar-refractivity contribution in [3.05, 3.63) is 66.0 Å². The molecule has 2 aromatic heterocycles. The van der Waals surface area contributed by atoms with Gasteiger partial charge in [0.15, 0.2) is 5.78 Å². The molecular formula is C20H17N3O3. The van der Waals surface area contributed by atoms with Crippen LogP contribution in [0.3, 0.4) is 0 Å². The molecule has 0 amide bonds. The second-order valence-corrected chi connectivity index (χ2v) is 6.30. The Balaban J connectivity index is 1.85. The molecule has 1 aliphatic rings. The minimum Gasteiger partial charge on any atom is -0.481 e. The highest BCUT2D eigenvalue weighted by Gasteiger charge is 2.35. The Morgan fingerprint density at radius 3 is 2.58 bits per heavy atom. The first-order chi connectivity index (χ1) is 12.6. The minimum absolute atomic E-state index is 0.00527. The second-order valence-electron chi connectivity index (χ2n) is 6.30. The molecule has 1 aliphatic carbocycles. The van der Waals surface area contributed by atoms with E-state index in [1.807, 2.05) is 48.5 Å². The maximum absolute atomic E-state index is 12.7. The number of pyridine rings is 1. The van der Waals surface area contributed by atoms with Gasteiger partial charge in [-0.2, -0.15) is 0 Å². The Kier molecular flexibility index (Phi) is 4.01. The molecule has 1 atom stereocenters. The molecule has 3 N–H and O–H groups in total. The first kappa shape index (κ1) is 16.1. The summed E-state index contributed by atoms with van der Waals surface area (Å²) >= 11 is 0. The third kappa shape index (κ3) is 2.86. The van der Waals surface area contributed by atoms with Crippen molar-refractivity contribution in [1.29, 1.82) is 0 Å². The van der Waals surface area contributed by atoms with Crippen molar-refractivity contribution in [1.82, 2.24) is 9.97 Å². The van der Waals surface area contributed by atoms with Crippen molar-refractivity contribution >= 4 is 23.1 Å². The molecule has 1 aromatic carbocycles. The fourth-order valence-electron chi connectivity index (χ4n) is 3.33. The third-order valence-electron chi connectivity index (χ3n) is 4.55. The fraction of sp³-hybridized carbons (Fsp3) is 0.150. The van der Waals surface area contributed by atoms with Gasteiger partial charge < -0.3 is 15.4 Å². The molecule has 4 rings (SSSR count). The van der Waals surface area contributed by atoms with Crippen molar-refractivity contribution in [3.63, 3.8) is 0 Å². The van der Waals surface area contributed by atoms with Crippen LogP contribution in [0, 0.1) is 5.92 Å². The van der Waals surface area contributed by atoms with Crippen LogP contribution in [0.15, 0.2) is 54.7 Å². The van der Waals surface area contributed by atoms with E-state index in [2.05, 4.69) is 15.3 Å². The van der Waals surface area contributed by atoms with Crippen molar-refractivity contribution in [3.8, 4) is 11.4 Å². The number of aromatic amines is 1. The average Bonchev–Trinajstić information content (AvgIpc) is 3.02. The number of benzene rings is 1. The number of carboxylic acid groups (broad SMARTS) is 1. The molecule has 0 saturated carbocycles. The summed E-state index contributed by atoms with van der Waals surface area (Å²) in [6, 6.07) is 15.1. The number of hydrogen-bond donors (Lipinski definition) is 3. The number of para-hydroxylation sites is 1. The molecule has 2 heterocycles. The lowest BCUT2D eigenvalue weighted by Crippen LogP contribution is -2.26. The second kappa shape index (κ2) is 6.48. The van der Waals surface area contributed by atoms with E-state index in [1.54, 1.807) is 6.20 Å². The van der Waals surface area contributed by atoms with Gasteiger partial charge in [-0.15, -0.1) is 0 Å². The smallest absolute Gasteiger partial charge is 0.307 e. The van der Waals surface area contributed by atoms with Crippen LogP contribution in [-0.2, 0) is 11.2 Å². The lowest BCUT2D eigenvalue weighted by atomic mass is 9.86. The summed E-state index contributed by atoms with van der Waals surface area (Å²) in [5, 5.41) is 12.6. The molecule has 0 fully saturated rings. The number of fused-ring (bicyclic) bond motifs is 1. The number of carbonyl (C=O) groups is 2. The Morgan fingerprint density at radius 2 is 1.88 bits per heavy atom. The number of nitrogens with one attached hydrogen (secondary N) is 2. The van der Waals surface area contributed by atoms with Crippen LogP contribution in [0.2, 0.25) is 0 Å². The number of ketones is 1. The summed E-state index contributed by atoms with van der Waals surface area (Å²) in [5.74, 6) is -1.82. The Morgan fingerprint density at radius 1 is 1.12 bits per heavy atom. The highest BCUT2D eigenvalue weighted by Crippen LogP contribution is 2.39. The highest BCUT2D eigenvalue weighted by atomic mass is 16.4. The summed E-state index contributed by atoms with van der Waals surface area (Å²) in [7, 11) is 0. The van der Waals surface area contributed by atoms with Gasteiger partial charge in [-0.05, 0) is 24.3 Å². The number of rotatable bonds is 4. The maximum Gasteiger partial charge on any atom is 0.307 e. The van der Waals surface area contributed by atoms with E-state index >= 15 is 0 Å². The average molecular weight is 347 g/mol. The van der Waals surface area contributed by atoms with Crippen LogP contribution in [-0.4, -0.2) is 26.8 Å². The van der Waals surface area contributed by atoms with Crippen LogP contribution >= 0.6 is 0 Å². The summed E-state index contributed by atoms with van der Waals surface area (Å²) in [6.45, 7) is 0. The van der Waals surface area contributed by atoms with E-state index in [4.69, 9.17) is 0 Å². The lowest BCUT2D eigenvalue weighted by molar-refractivity contribution is -0.141. The molecule has 3 aromatic rings. The molecule has 0 saturated heterocycles. The van der Waals surface area contributed by atoms with Crippen LogP contribution in [0.25, 0.3) is 11.4 Å². The molecule has 26 heavy (non-hydrogen) atoms. The number of anilines is 2. The van der Waals surface area contributed by atoms with E-state index in [1.165, 1.54) is 0 Å². The minimum atomic E-state index is -0.949. The van der Waals surface area contributed by atoms with Crippen molar-refractivity contribution in [2.45, 2.75) is 12.8 Å². The molecule has 1 unspecified atom stereocenters. The zero-order chi connectivity index (χ0) is 18.1. The number of hydrogen-bond acceptors (Lipinski definition) is 4. The normalized spacial score (nSPS) is 16.2. The fourth-order valence-corrected chi connectivity index (χ4v) is 3.33. The van der Waals surface area contributed by atoms with Crippen LogP contribution in [0.4, 0.5) is 11.4 Å². The van der Waals surface area contributed by atoms with Crippen molar-refractivity contribution in [2.24, 2.45) is 5.92 Å². The van der Waals surface area contributed by atoms with E-state index < -0.39 is 11.9 Å². The molecule has 0 radical (unpaired) electrons. The molecule has 6 nitrogen and oxygen atoms in total. The van der Waals surface area contributed by atoms with Crippen LogP contribution in [0.5, 0.6) is 0 Å². The van der Waals surface area contributed by atoms with Crippen LogP contribution < -0.4 is 5.32 Å². The first-order valence-electron chi connectivity index (χ1n) is 8.38. The number of Topliss-reactive ketones (excluding diaryl/α,β-unsaturated/α-hetero) is 1. The number of aromatic nitrogens is 2. The molecule has 0 spiro atoms. The zero-order valence-corrected chi connectivity index (χ0v) is 13.9. The van der Waals surface area contributed by atoms with Gasteiger partial charge >= 0.3 is 5.97 Å². The third-order valence-corrected chi connectivity index (χ3v) is 4.55. The Bertz CT molecular complexity index is 965. The van der Waals surface area contributed by atoms with Crippen molar-refractivity contribution in [2.75, 3.05) is 5.32 Å². The van der Waals surface area contributed by atoms with Gasteiger partial charge in [0.25, 0.3) is 0 Å². The topological polar surface area (TPSA) is 95.1 Å². The van der Waals surface area contributed by atoms with Gasteiger partial charge in [0.05, 0.1) is 28.6 Å². The summed E-state index contributed by atoms with van der Waals surface area (Å²) in [6.07, 6.45) is 1.99. The van der Waals surface area contributed by atoms with Gasteiger partial charge in [0, 0.05) is 30.4 Å². The predicted octanol–water partition coefficient (Wildman–Crippen LogP) is 3.65. The lowest BCUT2D eigenvalue weighted by Gasteiger charge is -2.18. The Labute approximate surface area is 149 Å². The van der Waals surface area contributed by atoms with Gasteiger partial charge in [-0.3, -0.25) is 14.6 Å². The van der Waals surface area contributed by atoms with Crippen LogP contribution in [0.1, 0.15) is 22.5 Å². The van der Waals surface area contributed by atoms with Gasteiger partial charge in [-0.25, -0.2) is 0 Å². The van der Waals surface area contributed by atoms with Gasteiger partial charge in [-0.1, -0.05) is 24.3 Å². The van der Waals surface area contributed by atoms with Gasteiger partial charge in [0.1, 0.15) is 0 Å².